The Morgan fingerprint density at radius 3 is 2.55 bits per heavy atom. The van der Waals surface area contributed by atoms with E-state index in [0.717, 1.165) is 23.2 Å². The highest BCUT2D eigenvalue weighted by atomic mass is 35.5. The highest BCUT2D eigenvalue weighted by Crippen LogP contribution is 2.34. The Balaban J connectivity index is 1.53. The lowest BCUT2D eigenvalue weighted by Gasteiger charge is -2.23. The van der Waals surface area contributed by atoms with Gasteiger partial charge in [-0.15, -0.1) is 0 Å². The monoisotopic (exact) mass is 434 g/mol. The molecule has 0 spiro atoms. The van der Waals surface area contributed by atoms with Crippen LogP contribution < -0.4 is 15.0 Å². The first kappa shape index (κ1) is 20.9. The molecule has 0 fully saturated rings. The molecule has 0 aromatic heterocycles. The van der Waals surface area contributed by atoms with E-state index in [0.29, 0.717) is 28.4 Å². The third-order valence-electron chi connectivity index (χ3n) is 5.49. The number of nitrogens with one attached hydrogen (secondary N) is 1. The van der Waals surface area contributed by atoms with E-state index in [1.165, 1.54) is 0 Å². The lowest BCUT2D eigenvalue weighted by atomic mass is 10.1. The number of hydrogen-bond donors (Lipinski definition) is 1. The Labute approximate surface area is 186 Å². The number of carbonyl (C=O) groups is 2. The fraction of sp³-hybridized carbons (Fsp3) is 0.200. The molecule has 0 aliphatic carbocycles. The second kappa shape index (κ2) is 8.82. The molecule has 0 radical (unpaired) electrons. The molecule has 4 rings (SSSR count). The summed E-state index contributed by atoms with van der Waals surface area (Å²) in [5.74, 6) is 0.430. The minimum atomic E-state index is -0.231. The number of carbonyl (C=O) groups excluding carboxylic acids is 2. The number of halogens is 1. The maximum atomic E-state index is 13.2. The van der Waals surface area contributed by atoms with E-state index in [1.807, 2.05) is 30.0 Å². The zero-order chi connectivity index (χ0) is 22.0. The highest BCUT2D eigenvalue weighted by Gasteiger charge is 2.31. The van der Waals surface area contributed by atoms with Crippen LogP contribution in [-0.2, 0) is 13.0 Å². The minimum absolute atomic E-state index is 0.0499. The van der Waals surface area contributed by atoms with Gasteiger partial charge in [-0.05, 0) is 66.9 Å². The first-order valence-electron chi connectivity index (χ1n) is 10.1. The van der Waals surface area contributed by atoms with Crippen LogP contribution >= 0.6 is 11.6 Å². The lowest BCUT2D eigenvalue weighted by molar-refractivity contribution is 0.0948. The second-order valence-electron chi connectivity index (χ2n) is 7.58. The molecule has 3 aromatic rings. The lowest BCUT2D eigenvalue weighted by Crippen LogP contribution is -2.35. The second-order valence-corrected chi connectivity index (χ2v) is 7.99. The van der Waals surface area contributed by atoms with Gasteiger partial charge in [-0.1, -0.05) is 35.9 Å². The standard InChI is InChI=1S/C25H23ClN2O3/c1-16-13-19-8-7-17(15-27-24(29)21-5-3-4-6-22(21)26)14-23(19)28(16)25(30)18-9-11-20(31-2)12-10-18/h3-12,14,16H,13,15H2,1-2H3,(H,27,29)/t16-/m1/s1. The van der Waals surface area contributed by atoms with Gasteiger partial charge in [0.05, 0.1) is 17.7 Å². The van der Waals surface area contributed by atoms with Crippen LogP contribution in [0.1, 0.15) is 38.8 Å². The Morgan fingerprint density at radius 1 is 1.10 bits per heavy atom. The molecule has 2 amide bonds. The Morgan fingerprint density at radius 2 is 1.84 bits per heavy atom. The SMILES string of the molecule is COc1ccc(C(=O)N2c3cc(CNC(=O)c4ccccc4Cl)ccc3C[C@H]2C)cc1. The summed E-state index contributed by atoms with van der Waals surface area (Å²) in [5, 5.41) is 3.32. The van der Waals surface area contributed by atoms with Gasteiger partial charge in [0.1, 0.15) is 5.75 Å². The minimum Gasteiger partial charge on any atom is -0.497 e. The molecule has 0 saturated heterocycles. The largest absolute Gasteiger partial charge is 0.497 e. The van der Waals surface area contributed by atoms with Crippen molar-refractivity contribution in [1.82, 2.24) is 5.32 Å². The third kappa shape index (κ3) is 4.28. The van der Waals surface area contributed by atoms with Crippen molar-refractivity contribution in [2.24, 2.45) is 0 Å². The van der Waals surface area contributed by atoms with Gasteiger partial charge in [-0.3, -0.25) is 9.59 Å². The summed E-state index contributed by atoms with van der Waals surface area (Å²) < 4.78 is 5.19. The molecule has 1 atom stereocenters. The van der Waals surface area contributed by atoms with Crippen LogP contribution in [0.5, 0.6) is 5.75 Å². The van der Waals surface area contributed by atoms with E-state index < -0.39 is 0 Å². The predicted molar refractivity (Wildman–Crippen MR) is 122 cm³/mol. The number of fused-ring (bicyclic) bond motifs is 1. The van der Waals surface area contributed by atoms with Crippen molar-refractivity contribution in [3.63, 3.8) is 0 Å². The number of amides is 2. The number of anilines is 1. The molecule has 0 unspecified atom stereocenters. The number of rotatable bonds is 5. The molecule has 1 N–H and O–H groups in total. The van der Waals surface area contributed by atoms with Gasteiger partial charge < -0.3 is 15.0 Å². The molecule has 1 heterocycles. The Kier molecular flexibility index (Phi) is 5.96. The summed E-state index contributed by atoms with van der Waals surface area (Å²) in [6.07, 6.45) is 0.795. The molecule has 3 aromatic carbocycles. The van der Waals surface area contributed by atoms with E-state index in [-0.39, 0.29) is 17.9 Å². The molecule has 6 heteroatoms. The zero-order valence-electron chi connectivity index (χ0n) is 17.4. The van der Waals surface area contributed by atoms with Crippen LogP contribution in [-0.4, -0.2) is 25.0 Å². The predicted octanol–water partition coefficient (Wildman–Crippen LogP) is 4.87. The molecule has 1 aliphatic rings. The van der Waals surface area contributed by atoms with Crippen molar-refractivity contribution in [3.8, 4) is 5.75 Å². The maximum absolute atomic E-state index is 13.2. The number of ether oxygens (including phenoxy) is 1. The van der Waals surface area contributed by atoms with E-state index in [9.17, 15) is 9.59 Å². The van der Waals surface area contributed by atoms with Crippen LogP contribution in [0.15, 0.2) is 66.7 Å². The van der Waals surface area contributed by atoms with Crippen molar-refractivity contribution in [3.05, 3.63) is 94.0 Å². The molecule has 0 saturated carbocycles. The van der Waals surface area contributed by atoms with E-state index in [1.54, 1.807) is 55.6 Å². The van der Waals surface area contributed by atoms with E-state index in [2.05, 4.69) is 5.32 Å². The van der Waals surface area contributed by atoms with Crippen molar-refractivity contribution in [2.75, 3.05) is 12.0 Å². The molecule has 0 bridgehead atoms. The number of benzene rings is 3. The highest BCUT2D eigenvalue weighted by molar-refractivity contribution is 6.33. The van der Waals surface area contributed by atoms with Crippen LogP contribution in [0.4, 0.5) is 5.69 Å². The molecule has 158 valence electrons. The number of hydrogen-bond acceptors (Lipinski definition) is 3. The maximum Gasteiger partial charge on any atom is 0.258 e. The van der Waals surface area contributed by atoms with Gasteiger partial charge in [-0.2, -0.15) is 0 Å². The van der Waals surface area contributed by atoms with Gasteiger partial charge in [-0.25, -0.2) is 0 Å². The first-order valence-corrected chi connectivity index (χ1v) is 10.5. The summed E-state index contributed by atoms with van der Waals surface area (Å²) in [6, 6.07) is 20.1. The fourth-order valence-electron chi connectivity index (χ4n) is 3.87. The fourth-order valence-corrected chi connectivity index (χ4v) is 4.09. The van der Waals surface area contributed by atoms with Gasteiger partial charge in [0.15, 0.2) is 0 Å². The summed E-state index contributed by atoms with van der Waals surface area (Å²) in [5.41, 5.74) is 3.97. The van der Waals surface area contributed by atoms with Gasteiger partial charge in [0, 0.05) is 23.8 Å². The summed E-state index contributed by atoms with van der Waals surface area (Å²) in [4.78, 5) is 27.5. The summed E-state index contributed by atoms with van der Waals surface area (Å²) >= 11 is 6.11. The normalized spacial score (nSPS) is 14.8. The van der Waals surface area contributed by atoms with Crippen LogP contribution in [0, 0.1) is 0 Å². The van der Waals surface area contributed by atoms with E-state index in [4.69, 9.17) is 16.3 Å². The average Bonchev–Trinajstić information content (AvgIpc) is 3.12. The van der Waals surface area contributed by atoms with Gasteiger partial charge in [0.25, 0.3) is 11.8 Å². The van der Waals surface area contributed by atoms with Crippen LogP contribution in [0.25, 0.3) is 0 Å². The average molecular weight is 435 g/mol. The zero-order valence-corrected chi connectivity index (χ0v) is 18.1. The van der Waals surface area contributed by atoms with Crippen molar-refractivity contribution in [2.45, 2.75) is 25.9 Å². The molecule has 31 heavy (non-hydrogen) atoms. The molecule has 5 nitrogen and oxygen atoms in total. The van der Waals surface area contributed by atoms with Crippen LogP contribution in [0.3, 0.4) is 0 Å². The molecular formula is C25H23ClN2O3. The smallest absolute Gasteiger partial charge is 0.258 e. The first-order chi connectivity index (χ1) is 15.0. The van der Waals surface area contributed by atoms with Crippen molar-refractivity contribution in [1.29, 1.82) is 0 Å². The summed E-state index contributed by atoms with van der Waals surface area (Å²) in [6.45, 7) is 2.39. The van der Waals surface area contributed by atoms with Crippen molar-refractivity contribution < 1.29 is 14.3 Å². The quantitative estimate of drug-likeness (QED) is 0.623. The van der Waals surface area contributed by atoms with Gasteiger partial charge in [0.2, 0.25) is 0 Å². The number of nitrogens with zero attached hydrogens (tertiary/aromatic N) is 1. The Bertz CT molecular complexity index is 1130. The van der Waals surface area contributed by atoms with E-state index >= 15 is 0 Å². The summed E-state index contributed by atoms with van der Waals surface area (Å²) in [7, 11) is 1.60. The third-order valence-corrected chi connectivity index (χ3v) is 5.82. The van der Waals surface area contributed by atoms with Crippen LogP contribution in [0.2, 0.25) is 5.02 Å². The van der Waals surface area contributed by atoms with Crippen molar-refractivity contribution >= 4 is 29.1 Å². The Hall–Kier alpha value is -3.31. The number of methoxy groups -OCH3 is 1. The van der Waals surface area contributed by atoms with Gasteiger partial charge >= 0.3 is 0 Å². The molecule has 1 aliphatic heterocycles. The topological polar surface area (TPSA) is 58.6 Å². The molecular weight excluding hydrogens is 412 g/mol.